The third-order valence-electron chi connectivity index (χ3n) is 5.64. The number of rotatable bonds is 4. The van der Waals surface area contributed by atoms with Gasteiger partial charge in [0.25, 0.3) is 0 Å². The summed E-state index contributed by atoms with van der Waals surface area (Å²) in [6, 6.07) is 8.30. The van der Waals surface area contributed by atoms with Gasteiger partial charge in [-0.15, -0.1) is 5.10 Å². The van der Waals surface area contributed by atoms with Gasteiger partial charge in [-0.1, -0.05) is 60.6 Å². The number of hydrogen-bond acceptors (Lipinski definition) is 4. The van der Waals surface area contributed by atoms with E-state index in [-0.39, 0.29) is 11.3 Å². The molecule has 0 radical (unpaired) electrons. The zero-order valence-electron chi connectivity index (χ0n) is 16.0. The number of nitrogens with one attached hydrogen (secondary N) is 1. The van der Waals surface area contributed by atoms with Crippen molar-refractivity contribution < 1.29 is 4.79 Å². The van der Waals surface area contributed by atoms with Crippen LogP contribution < -0.4 is 0 Å². The first-order valence-corrected chi connectivity index (χ1v) is 11.1. The van der Waals surface area contributed by atoms with E-state index in [1.165, 1.54) is 18.2 Å². The zero-order chi connectivity index (χ0) is 19.2. The van der Waals surface area contributed by atoms with Crippen LogP contribution in [0.15, 0.2) is 33.9 Å². The van der Waals surface area contributed by atoms with E-state index in [1.807, 2.05) is 24.3 Å². The first kappa shape index (κ1) is 19.0. The average Bonchev–Trinajstić information content (AvgIpc) is 3.14. The molecule has 2 aliphatic rings. The predicted molar refractivity (Wildman–Crippen MR) is 111 cm³/mol. The third-order valence-corrected chi connectivity index (χ3v) is 7.00. The van der Waals surface area contributed by atoms with Gasteiger partial charge in [-0.2, -0.15) is 0 Å². The fraction of sp³-hybridized carbons (Fsp3) is 0.550. The highest BCUT2D eigenvalue weighted by Crippen LogP contribution is 2.52. The topological polar surface area (TPSA) is 61.9 Å². The summed E-state index contributed by atoms with van der Waals surface area (Å²) < 4.78 is 1.03. The van der Waals surface area contributed by atoms with Crippen molar-refractivity contribution in [3.05, 3.63) is 28.7 Å². The van der Waals surface area contributed by atoms with Crippen molar-refractivity contribution in [2.75, 3.05) is 12.3 Å². The summed E-state index contributed by atoms with van der Waals surface area (Å²) in [7, 11) is 0. The lowest BCUT2D eigenvalue weighted by Crippen LogP contribution is -2.38. The van der Waals surface area contributed by atoms with Gasteiger partial charge in [-0.25, -0.2) is 4.98 Å². The van der Waals surface area contributed by atoms with Crippen molar-refractivity contribution in [1.82, 2.24) is 20.1 Å². The number of likely N-dealkylation sites (tertiary alicyclic amines) is 1. The predicted octanol–water partition coefficient (Wildman–Crippen LogP) is 4.75. The maximum Gasteiger partial charge on any atom is 0.233 e. The van der Waals surface area contributed by atoms with Crippen LogP contribution in [0.2, 0.25) is 0 Å². The highest BCUT2D eigenvalue weighted by Gasteiger charge is 2.50. The molecule has 2 fully saturated rings. The molecule has 2 heterocycles. The SMILES string of the molecule is CC1(C)CC2CC(C)(CN2C(=O)CSc2n[nH]c(-c3ccc(Br)cc3)n2)C1. The Morgan fingerprint density at radius 2 is 2.04 bits per heavy atom. The highest BCUT2D eigenvalue weighted by molar-refractivity contribution is 9.10. The summed E-state index contributed by atoms with van der Waals surface area (Å²) in [5.41, 5.74) is 1.57. The monoisotopic (exact) mass is 448 g/mol. The first-order chi connectivity index (χ1) is 12.7. The number of aromatic nitrogens is 3. The lowest BCUT2D eigenvalue weighted by molar-refractivity contribution is -0.129. The fourth-order valence-electron chi connectivity index (χ4n) is 5.01. The molecule has 7 heteroatoms. The molecule has 4 rings (SSSR count). The van der Waals surface area contributed by atoms with Crippen LogP contribution in [-0.4, -0.2) is 44.3 Å². The smallest absolute Gasteiger partial charge is 0.233 e. The van der Waals surface area contributed by atoms with E-state index < -0.39 is 0 Å². The molecule has 2 aromatic rings. The second-order valence-electron chi connectivity index (χ2n) is 9.00. The summed E-state index contributed by atoms with van der Waals surface area (Å²) in [6.45, 7) is 7.88. The molecule has 5 nitrogen and oxygen atoms in total. The largest absolute Gasteiger partial charge is 0.338 e. The Labute approximate surface area is 172 Å². The van der Waals surface area contributed by atoms with Crippen molar-refractivity contribution in [2.24, 2.45) is 10.8 Å². The van der Waals surface area contributed by atoms with Crippen LogP contribution in [0.4, 0.5) is 0 Å². The molecule has 1 aliphatic carbocycles. The number of benzene rings is 1. The molecule has 1 aliphatic heterocycles. The Hall–Kier alpha value is -1.34. The Bertz CT molecular complexity index is 850. The number of carbonyl (C=O) groups is 1. The van der Waals surface area contributed by atoms with E-state index >= 15 is 0 Å². The molecule has 1 aromatic carbocycles. The quantitative estimate of drug-likeness (QED) is 0.685. The van der Waals surface area contributed by atoms with E-state index in [2.05, 4.69) is 56.8 Å². The molecule has 1 saturated carbocycles. The lowest BCUT2D eigenvalue weighted by Gasteiger charge is -2.39. The molecule has 1 N–H and O–H groups in total. The van der Waals surface area contributed by atoms with Gasteiger partial charge in [0.15, 0.2) is 5.82 Å². The number of hydrogen-bond donors (Lipinski definition) is 1. The van der Waals surface area contributed by atoms with E-state index in [0.29, 0.717) is 22.4 Å². The van der Waals surface area contributed by atoms with E-state index in [9.17, 15) is 4.79 Å². The third kappa shape index (κ3) is 4.09. The van der Waals surface area contributed by atoms with Gasteiger partial charge in [0.1, 0.15) is 0 Å². The summed E-state index contributed by atoms with van der Waals surface area (Å²) in [4.78, 5) is 19.5. The zero-order valence-corrected chi connectivity index (χ0v) is 18.4. The van der Waals surface area contributed by atoms with E-state index in [4.69, 9.17) is 0 Å². The normalized spacial score (nSPS) is 26.4. The molecule has 27 heavy (non-hydrogen) atoms. The first-order valence-electron chi connectivity index (χ1n) is 9.34. The van der Waals surface area contributed by atoms with Crippen molar-refractivity contribution >= 4 is 33.6 Å². The van der Waals surface area contributed by atoms with E-state index in [1.54, 1.807) is 0 Å². The van der Waals surface area contributed by atoms with Crippen LogP contribution in [0.1, 0.15) is 40.0 Å². The Morgan fingerprint density at radius 3 is 2.78 bits per heavy atom. The van der Waals surface area contributed by atoms with Crippen LogP contribution in [0, 0.1) is 10.8 Å². The summed E-state index contributed by atoms with van der Waals surface area (Å²) in [5.74, 6) is 1.33. The van der Waals surface area contributed by atoms with E-state index in [0.717, 1.165) is 35.2 Å². The van der Waals surface area contributed by atoms with Crippen LogP contribution in [0.25, 0.3) is 11.4 Å². The van der Waals surface area contributed by atoms with Crippen LogP contribution in [0.3, 0.4) is 0 Å². The number of H-pyrrole nitrogens is 1. The molecule has 1 aromatic heterocycles. The van der Waals surface area contributed by atoms with Crippen molar-refractivity contribution in [1.29, 1.82) is 0 Å². The molecule has 1 saturated heterocycles. The average molecular weight is 449 g/mol. The van der Waals surface area contributed by atoms with Crippen LogP contribution >= 0.6 is 27.7 Å². The van der Waals surface area contributed by atoms with Gasteiger partial charge in [0.2, 0.25) is 11.1 Å². The standard InChI is InChI=1S/C20H25BrN4OS/c1-19(2)8-15-9-20(3,11-19)12-25(15)16(26)10-27-18-22-17(23-24-18)13-4-6-14(21)7-5-13/h4-7,15H,8-12H2,1-3H3,(H,22,23,24). The van der Waals surface area contributed by atoms with Gasteiger partial charge in [0.05, 0.1) is 5.75 Å². The fourth-order valence-corrected chi connectivity index (χ4v) is 5.96. The molecule has 2 atom stereocenters. The van der Waals surface area contributed by atoms with Gasteiger partial charge in [-0.05, 0) is 42.2 Å². The number of aromatic amines is 1. The summed E-state index contributed by atoms with van der Waals surface area (Å²) in [5, 5.41) is 7.85. The Morgan fingerprint density at radius 1 is 1.30 bits per heavy atom. The second kappa shape index (κ2) is 6.92. The maximum absolute atomic E-state index is 12.9. The number of fused-ring (bicyclic) bond motifs is 2. The Kier molecular flexibility index (Phi) is 4.87. The minimum Gasteiger partial charge on any atom is -0.338 e. The van der Waals surface area contributed by atoms with Crippen LogP contribution in [-0.2, 0) is 4.79 Å². The van der Waals surface area contributed by atoms with Gasteiger partial charge in [0, 0.05) is 22.6 Å². The summed E-state index contributed by atoms with van der Waals surface area (Å²) in [6.07, 6.45) is 3.44. The molecule has 2 bridgehead atoms. The molecule has 1 amide bonds. The summed E-state index contributed by atoms with van der Waals surface area (Å²) >= 11 is 4.85. The van der Waals surface area contributed by atoms with Gasteiger partial charge < -0.3 is 4.90 Å². The maximum atomic E-state index is 12.9. The number of amides is 1. The van der Waals surface area contributed by atoms with Gasteiger partial charge in [-0.3, -0.25) is 9.89 Å². The van der Waals surface area contributed by atoms with Crippen molar-refractivity contribution in [3.8, 4) is 11.4 Å². The molecule has 144 valence electrons. The Balaban J connectivity index is 1.38. The number of halogens is 1. The minimum atomic E-state index is 0.210. The van der Waals surface area contributed by atoms with Gasteiger partial charge >= 0.3 is 0 Å². The highest BCUT2D eigenvalue weighted by atomic mass is 79.9. The number of carbonyl (C=O) groups excluding carboxylic acids is 1. The lowest BCUT2D eigenvalue weighted by atomic mass is 9.65. The minimum absolute atomic E-state index is 0.210. The molecule has 0 spiro atoms. The van der Waals surface area contributed by atoms with Crippen molar-refractivity contribution in [3.63, 3.8) is 0 Å². The molecular weight excluding hydrogens is 424 g/mol. The molecule has 2 unspecified atom stereocenters. The molecular formula is C20H25BrN4OS. The second-order valence-corrected chi connectivity index (χ2v) is 10.9. The van der Waals surface area contributed by atoms with Crippen LogP contribution in [0.5, 0.6) is 0 Å². The number of thioether (sulfide) groups is 1. The number of nitrogens with zero attached hydrogens (tertiary/aromatic N) is 3. The van der Waals surface area contributed by atoms with Crippen molar-refractivity contribution in [2.45, 2.75) is 51.2 Å².